The topological polar surface area (TPSA) is 81.4 Å². The van der Waals surface area contributed by atoms with Crippen LogP contribution in [0.5, 0.6) is 5.75 Å². The third-order valence-corrected chi connectivity index (χ3v) is 6.16. The van der Waals surface area contributed by atoms with Gasteiger partial charge in [-0.15, -0.1) is 11.3 Å². The van der Waals surface area contributed by atoms with E-state index in [0.717, 1.165) is 48.1 Å². The van der Waals surface area contributed by atoms with E-state index in [1.165, 1.54) is 11.3 Å². The van der Waals surface area contributed by atoms with Gasteiger partial charge >= 0.3 is 0 Å². The number of carbonyl (C=O) groups excluding carboxylic acids is 2. The Morgan fingerprint density at radius 2 is 2.00 bits per heavy atom. The van der Waals surface area contributed by atoms with Gasteiger partial charge in [-0.05, 0) is 68.9 Å². The van der Waals surface area contributed by atoms with Crippen LogP contribution >= 0.6 is 22.9 Å². The molecule has 1 aromatic heterocycles. The SMILES string of the molecule is Cc1cc(Cl)ccc1OC(C)C(=O)Nc1sc2c(c1C(N)=O)CCCCC2. The lowest BCUT2D eigenvalue weighted by Crippen LogP contribution is -2.31. The van der Waals surface area contributed by atoms with Gasteiger partial charge in [-0.1, -0.05) is 18.0 Å². The second-order valence-electron chi connectivity index (χ2n) is 6.79. The first-order valence-corrected chi connectivity index (χ1v) is 10.2. The summed E-state index contributed by atoms with van der Waals surface area (Å²) < 4.78 is 5.77. The van der Waals surface area contributed by atoms with Crippen LogP contribution in [-0.2, 0) is 17.6 Å². The van der Waals surface area contributed by atoms with Crippen LogP contribution in [0.25, 0.3) is 0 Å². The van der Waals surface area contributed by atoms with Crippen molar-refractivity contribution in [2.45, 2.75) is 52.1 Å². The van der Waals surface area contributed by atoms with Crippen molar-refractivity contribution in [2.24, 2.45) is 5.73 Å². The van der Waals surface area contributed by atoms with Crippen molar-refractivity contribution in [1.29, 1.82) is 0 Å². The van der Waals surface area contributed by atoms with E-state index in [1.807, 2.05) is 6.92 Å². The van der Waals surface area contributed by atoms with Crippen molar-refractivity contribution in [1.82, 2.24) is 0 Å². The molecule has 0 saturated heterocycles. The number of aryl methyl sites for hydroxylation is 2. The molecule has 7 heteroatoms. The van der Waals surface area contributed by atoms with Gasteiger partial charge in [0.15, 0.2) is 6.10 Å². The zero-order valence-electron chi connectivity index (χ0n) is 15.4. The molecular formula is C20H23ClN2O3S. The van der Waals surface area contributed by atoms with Crippen LogP contribution in [0.1, 0.15) is 52.5 Å². The first-order valence-electron chi connectivity index (χ1n) is 9.05. The zero-order chi connectivity index (χ0) is 19.6. The van der Waals surface area contributed by atoms with E-state index in [9.17, 15) is 9.59 Å². The van der Waals surface area contributed by atoms with Crippen LogP contribution in [0.2, 0.25) is 5.02 Å². The Hall–Kier alpha value is -2.05. The molecule has 2 aromatic rings. The summed E-state index contributed by atoms with van der Waals surface area (Å²) in [7, 11) is 0. The Kier molecular flexibility index (Phi) is 6.07. The summed E-state index contributed by atoms with van der Waals surface area (Å²) in [5.74, 6) is -0.214. The summed E-state index contributed by atoms with van der Waals surface area (Å²) in [6.07, 6.45) is 4.29. The first-order chi connectivity index (χ1) is 12.9. The molecule has 1 aliphatic rings. The van der Waals surface area contributed by atoms with Gasteiger partial charge < -0.3 is 15.8 Å². The molecule has 5 nitrogen and oxygen atoms in total. The molecule has 2 amide bonds. The number of anilines is 1. The predicted molar refractivity (Wildman–Crippen MR) is 109 cm³/mol. The molecule has 1 atom stereocenters. The van der Waals surface area contributed by atoms with E-state index in [-0.39, 0.29) is 5.91 Å². The number of hydrogen-bond acceptors (Lipinski definition) is 4. The minimum absolute atomic E-state index is 0.316. The Bertz CT molecular complexity index is 878. The molecule has 0 radical (unpaired) electrons. The van der Waals surface area contributed by atoms with Crippen LogP contribution in [0.15, 0.2) is 18.2 Å². The number of primary amides is 1. The Morgan fingerprint density at radius 1 is 1.26 bits per heavy atom. The molecule has 0 bridgehead atoms. The highest BCUT2D eigenvalue weighted by Gasteiger charge is 2.26. The smallest absolute Gasteiger partial charge is 0.265 e. The van der Waals surface area contributed by atoms with Crippen molar-refractivity contribution >= 4 is 39.8 Å². The van der Waals surface area contributed by atoms with E-state index in [1.54, 1.807) is 25.1 Å². The number of benzene rings is 1. The molecule has 1 heterocycles. The normalized spacial score (nSPS) is 14.8. The molecule has 1 aliphatic carbocycles. The maximum absolute atomic E-state index is 12.6. The summed E-state index contributed by atoms with van der Waals surface area (Å²) >= 11 is 7.41. The molecule has 27 heavy (non-hydrogen) atoms. The number of thiophene rings is 1. The second kappa shape index (κ2) is 8.31. The summed E-state index contributed by atoms with van der Waals surface area (Å²) in [6.45, 7) is 3.54. The summed E-state index contributed by atoms with van der Waals surface area (Å²) in [6, 6.07) is 5.24. The minimum Gasteiger partial charge on any atom is -0.481 e. The Balaban J connectivity index is 1.78. The van der Waals surface area contributed by atoms with Crippen molar-refractivity contribution in [3.05, 3.63) is 44.8 Å². The van der Waals surface area contributed by atoms with E-state index < -0.39 is 12.0 Å². The molecule has 0 saturated carbocycles. The zero-order valence-corrected chi connectivity index (χ0v) is 17.0. The molecular weight excluding hydrogens is 384 g/mol. The van der Waals surface area contributed by atoms with Gasteiger partial charge in [0, 0.05) is 9.90 Å². The molecule has 3 rings (SSSR count). The van der Waals surface area contributed by atoms with E-state index in [4.69, 9.17) is 22.1 Å². The van der Waals surface area contributed by atoms with Crippen LogP contribution in [0, 0.1) is 6.92 Å². The van der Waals surface area contributed by atoms with Crippen LogP contribution in [-0.4, -0.2) is 17.9 Å². The number of halogens is 1. The van der Waals surface area contributed by atoms with Gasteiger partial charge in [-0.2, -0.15) is 0 Å². The highest BCUT2D eigenvalue weighted by Crippen LogP contribution is 2.37. The molecule has 0 aliphatic heterocycles. The molecule has 1 unspecified atom stereocenters. The molecule has 144 valence electrons. The largest absolute Gasteiger partial charge is 0.481 e. The van der Waals surface area contributed by atoms with Crippen molar-refractivity contribution in [3.63, 3.8) is 0 Å². The van der Waals surface area contributed by atoms with E-state index in [0.29, 0.717) is 21.3 Å². The highest BCUT2D eigenvalue weighted by molar-refractivity contribution is 7.17. The van der Waals surface area contributed by atoms with Gasteiger partial charge in [0.2, 0.25) is 0 Å². The van der Waals surface area contributed by atoms with Crippen LogP contribution in [0.3, 0.4) is 0 Å². The van der Waals surface area contributed by atoms with Gasteiger partial charge in [0.05, 0.1) is 5.56 Å². The fraction of sp³-hybridized carbons (Fsp3) is 0.400. The molecule has 0 fully saturated rings. The maximum atomic E-state index is 12.6. The minimum atomic E-state index is -0.729. The second-order valence-corrected chi connectivity index (χ2v) is 8.33. The number of ether oxygens (including phenoxy) is 1. The lowest BCUT2D eigenvalue weighted by atomic mass is 10.1. The summed E-state index contributed by atoms with van der Waals surface area (Å²) in [5, 5.41) is 3.99. The van der Waals surface area contributed by atoms with Crippen LogP contribution < -0.4 is 15.8 Å². The van der Waals surface area contributed by atoms with Crippen molar-refractivity contribution in [2.75, 3.05) is 5.32 Å². The number of nitrogens with two attached hydrogens (primary N) is 1. The average Bonchev–Trinajstić information content (AvgIpc) is 2.78. The van der Waals surface area contributed by atoms with Gasteiger partial charge in [-0.25, -0.2) is 0 Å². The van der Waals surface area contributed by atoms with Gasteiger partial charge in [-0.3, -0.25) is 9.59 Å². The van der Waals surface area contributed by atoms with Gasteiger partial charge in [0.25, 0.3) is 11.8 Å². The van der Waals surface area contributed by atoms with Gasteiger partial charge in [0.1, 0.15) is 10.8 Å². The number of rotatable bonds is 5. The quantitative estimate of drug-likeness (QED) is 0.718. The first kappa shape index (κ1) is 19.7. The van der Waals surface area contributed by atoms with Crippen molar-refractivity contribution in [3.8, 4) is 5.75 Å². The number of nitrogens with one attached hydrogen (secondary N) is 1. The Labute approximate surface area is 167 Å². The number of amides is 2. The summed E-state index contributed by atoms with van der Waals surface area (Å²) in [5.41, 5.74) is 7.93. The van der Waals surface area contributed by atoms with Crippen LogP contribution in [0.4, 0.5) is 5.00 Å². The predicted octanol–water partition coefficient (Wildman–Crippen LogP) is 4.48. The number of fused-ring (bicyclic) bond motifs is 1. The standard InChI is InChI=1S/C20H23ClN2O3S/c1-11-10-13(21)8-9-15(11)26-12(2)19(25)23-20-17(18(22)24)14-6-4-3-5-7-16(14)27-20/h8-10,12H,3-7H2,1-2H3,(H2,22,24)(H,23,25). The number of carbonyl (C=O) groups is 2. The maximum Gasteiger partial charge on any atom is 0.265 e. The third kappa shape index (κ3) is 4.45. The average molecular weight is 407 g/mol. The monoisotopic (exact) mass is 406 g/mol. The lowest BCUT2D eigenvalue weighted by Gasteiger charge is -2.16. The molecule has 0 spiro atoms. The molecule has 3 N–H and O–H groups in total. The molecule has 1 aromatic carbocycles. The number of hydrogen-bond donors (Lipinski definition) is 2. The fourth-order valence-corrected chi connectivity index (χ4v) is 4.82. The highest BCUT2D eigenvalue weighted by atomic mass is 35.5. The fourth-order valence-electron chi connectivity index (χ4n) is 3.29. The van der Waals surface area contributed by atoms with E-state index >= 15 is 0 Å². The van der Waals surface area contributed by atoms with E-state index in [2.05, 4.69) is 5.32 Å². The Morgan fingerprint density at radius 3 is 2.70 bits per heavy atom. The lowest BCUT2D eigenvalue weighted by molar-refractivity contribution is -0.122. The third-order valence-electron chi connectivity index (χ3n) is 4.71. The van der Waals surface area contributed by atoms with Crippen molar-refractivity contribution < 1.29 is 14.3 Å². The summed E-state index contributed by atoms with van der Waals surface area (Å²) in [4.78, 5) is 25.8.